The van der Waals surface area contributed by atoms with Crippen LogP contribution in [0.15, 0.2) is 30.3 Å². The van der Waals surface area contributed by atoms with Gasteiger partial charge in [-0.2, -0.15) is 0 Å². The zero-order chi connectivity index (χ0) is 22.2. The molecule has 6 nitrogen and oxygen atoms in total. The van der Waals surface area contributed by atoms with Gasteiger partial charge in [0.25, 0.3) is 0 Å². The molecule has 0 aliphatic heterocycles. The molecule has 1 aromatic heterocycles. The number of carbonyl (C=O) groups excluding carboxylic acids is 1. The number of Topliss-reactive ketones (excluding diaryl/α,β-unsaturated/α-hetero) is 1. The molecular weight excluding hydrogens is 413 g/mol. The molecule has 1 saturated carbocycles. The molecule has 3 N–H and O–H groups in total. The second-order valence-electron chi connectivity index (χ2n) is 8.20. The predicted octanol–water partition coefficient (Wildman–Crippen LogP) is 3.53. The third-order valence-corrected chi connectivity index (χ3v) is 5.94. The smallest absolute Gasteiger partial charge is 0.488 e. The maximum absolute atomic E-state index is 12.7. The van der Waals surface area contributed by atoms with Crippen molar-refractivity contribution in [3.8, 4) is 11.5 Å². The van der Waals surface area contributed by atoms with E-state index in [-0.39, 0.29) is 23.5 Å². The van der Waals surface area contributed by atoms with Crippen LogP contribution in [-0.4, -0.2) is 47.0 Å². The Hall–Kier alpha value is -2.52. The van der Waals surface area contributed by atoms with Crippen LogP contribution in [0.3, 0.4) is 0 Å². The highest BCUT2D eigenvalue weighted by Gasteiger charge is 2.37. The van der Waals surface area contributed by atoms with Crippen LogP contribution in [0.4, 0.5) is 13.2 Å². The number of H-pyrrole nitrogens is 1. The standard InChI is InChI=1S/C22H25F3N2O4/c1-12-10-16-17(27-12)7-2-13(20(16)28)11-26-18-8-9-19(21(18)29)30-14-3-5-15(6-4-14)31-22(23,24)25/h3-6,10,13,18-19,21,26-27,29H,2,7-9,11H2,1H3. The highest BCUT2D eigenvalue weighted by atomic mass is 19.4. The van der Waals surface area contributed by atoms with Gasteiger partial charge in [-0.1, -0.05) is 0 Å². The minimum Gasteiger partial charge on any atom is -0.488 e. The van der Waals surface area contributed by atoms with Crippen molar-refractivity contribution in [3.63, 3.8) is 0 Å². The molecule has 9 heteroatoms. The highest BCUT2D eigenvalue weighted by molar-refractivity contribution is 6.00. The fourth-order valence-corrected chi connectivity index (χ4v) is 4.41. The molecular formula is C22H25F3N2O4. The van der Waals surface area contributed by atoms with Gasteiger partial charge in [-0.25, -0.2) is 0 Å². The van der Waals surface area contributed by atoms with E-state index in [0.717, 1.165) is 29.8 Å². The number of alkyl halides is 3. The van der Waals surface area contributed by atoms with E-state index in [1.807, 2.05) is 13.0 Å². The first kappa shape index (κ1) is 21.7. The van der Waals surface area contributed by atoms with Crippen LogP contribution in [0.5, 0.6) is 11.5 Å². The Morgan fingerprint density at radius 1 is 1.16 bits per heavy atom. The minimum atomic E-state index is -4.75. The zero-order valence-electron chi connectivity index (χ0n) is 17.0. The zero-order valence-corrected chi connectivity index (χ0v) is 17.0. The van der Waals surface area contributed by atoms with E-state index in [2.05, 4.69) is 15.0 Å². The van der Waals surface area contributed by atoms with Gasteiger partial charge in [0.05, 0.1) is 0 Å². The number of aliphatic hydroxyl groups excluding tert-OH is 1. The van der Waals surface area contributed by atoms with Gasteiger partial charge in [0.1, 0.15) is 23.7 Å². The second-order valence-corrected chi connectivity index (χ2v) is 8.20. The van der Waals surface area contributed by atoms with Crippen molar-refractivity contribution >= 4 is 5.78 Å². The maximum atomic E-state index is 12.7. The number of fused-ring (bicyclic) bond motifs is 1. The number of ketones is 1. The van der Waals surface area contributed by atoms with E-state index in [1.165, 1.54) is 24.3 Å². The Morgan fingerprint density at radius 2 is 1.87 bits per heavy atom. The average molecular weight is 438 g/mol. The van der Waals surface area contributed by atoms with Crippen LogP contribution in [0.2, 0.25) is 0 Å². The first-order valence-electron chi connectivity index (χ1n) is 10.4. The summed E-state index contributed by atoms with van der Waals surface area (Å²) in [6.45, 7) is 2.42. The summed E-state index contributed by atoms with van der Waals surface area (Å²) in [6, 6.07) is 6.79. The molecule has 0 spiro atoms. The molecule has 0 radical (unpaired) electrons. The van der Waals surface area contributed by atoms with Crippen molar-refractivity contribution in [2.45, 2.75) is 57.2 Å². The molecule has 0 saturated heterocycles. The van der Waals surface area contributed by atoms with Gasteiger partial charge in [0.15, 0.2) is 5.78 Å². The summed E-state index contributed by atoms with van der Waals surface area (Å²) in [6.07, 6.45) is -3.15. The molecule has 31 heavy (non-hydrogen) atoms. The summed E-state index contributed by atoms with van der Waals surface area (Å²) in [5.41, 5.74) is 2.75. The number of hydrogen-bond acceptors (Lipinski definition) is 5. The second kappa shape index (κ2) is 8.55. The summed E-state index contributed by atoms with van der Waals surface area (Å²) in [5.74, 6) is 0.0249. The van der Waals surface area contributed by atoms with Crippen molar-refractivity contribution in [1.29, 1.82) is 0 Å². The third-order valence-electron chi connectivity index (χ3n) is 5.94. The largest absolute Gasteiger partial charge is 0.573 e. The Morgan fingerprint density at radius 3 is 2.58 bits per heavy atom. The first-order chi connectivity index (χ1) is 14.7. The van der Waals surface area contributed by atoms with Crippen molar-refractivity contribution in [2.75, 3.05) is 6.54 Å². The number of aryl methyl sites for hydroxylation is 2. The molecule has 2 aliphatic rings. The number of carbonyl (C=O) groups is 1. The van der Waals surface area contributed by atoms with Crippen molar-refractivity contribution < 1.29 is 32.5 Å². The van der Waals surface area contributed by atoms with Gasteiger partial charge < -0.3 is 24.9 Å². The summed E-state index contributed by atoms with van der Waals surface area (Å²) >= 11 is 0. The molecule has 2 aromatic rings. The molecule has 2 aliphatic carbocycles. The lowest BCUT2D eigenvalue weighted by Gasteiger charge is -2.25. The van der Waals surface area contributed by atoms with Gasteiger partial charge in [-0.15, -0.1) is 13.2 Å². The van der Waals surface area contributed by atoms with E-state index in [4.69, 9.17) is 4.74 Å². The minimum absolute atomic E-state index is 0.125. The van der Waals surface area contributed by atoms with E-state index < -0.39 is 18.6 Å². The summed E-state index contributed by atoms with van der Waals surface area (Å²) in [4.78, 5) is 15.9. The van der Waals surface area contributed by atoms with Crippen molar-refractivity contribution in [3.05, 3.63) is 47.3 Å². The molecule has 1 heterocycles. The number of benzene rings is 1. The number of aromatic amines is 1. The lowest BCUT2D eigenvalue weighted by molar-refractivity contribution is -0.274. The first-order valence-corrected chi connectivity index (χ1v) is 10.4. The lowest BCUT2D eigenvalue weighted by atomic mass is 9.86. The quantitative estimate of drug-likeness (QED) is 0.643. The Bertz CT molecular complexity index is 926. The van der Waals surface area contributed by atoms with E-state index >= 15 is 0 Å². The molecule has 1 fully saturated rings. The maximum Gasteiger partial charge on any atom is 0.573 e. The van der Waals surface area contributed by atoms with E-state index in [0.29, 0.717) is 25.1 Å². The SMILES string of the molecule is Cc1cc2c([nH]1)CCC(CNC1CCC(Oc3ccc(OC(F)(F)F)cc3)C1O)C2=O. The number of aromatic nitrogens is 1. The molecule has 4 atom stereocenters. The number of nitrogens with one attached hydrogen (secondary N) is 2. The van der Waals surface area contributed by atoms with Gasteiger partial charge in [-0.3, -0.25) is 4.79 Å². The van der Waals surface area contributed by atoms with Crippen LogP contribution in [0.25, 0.3) is 0 Å². The average Bonchev–Trinajstić information content (AvgIpc) is 3.25. The monoisotopic (exact) mass is 438 g/mol. The number of halogens is 3. The van der Waals surface area contributed by atoms with Crippen LogP contribution in [-0.2, 0) is 6.42 Å². The lowest BCUT2D eigenvalue weighted by Crippen LogP contribution is -2.44. The fourth-order valence-electron chi connectivity index (χ4n) is 4.41. The van der Waals surface area contributed by atoms with Gasteiger partial charge in [-0.05, 0) is 62.9 Å². The summed E-state index contributed by atoms with van der Waals surface area (Å²) in [5, 5.41) is 13.9. The molecule has 1 aromatic carbocycles. The third kappa shape index (κ3) is 5.04. The van der Waals surface area contributed by atoms with Crippen LogP contribution in [0.1, 0.15) is 41.0 Å². The van der Waals surface area contributed by atoms with E-state index in [9.17, 15) is 23.1 Å². The van der Waals surface area contributed by atoms with Gasteiger partial charge in [0, 0.05) is 35.5 Å². The van der Waals surface area contributed by atoms with Crippen LogP contribution >= 0.6 is 0 Å². The molecule has 4 unspecified atom stereocenters. The molecule has 0 bridgehead atoms. The normalized spacial score (nSPS) is 26.0. The van der Waals surface area contributed by atoms with Crippen LogP contribution in [0, 0.1) is 12.8 Å². The fraction of sp³-hybridized carbons (Fsp3) is 0.500. The Labute approximate surface area is 177 Å². The molecule has 168 valence electrons. The van der Waals surface area contributed by atoms with Gasteiger partial charge >= 0.3 is 6.36 Å². The topological polar surface area (TPSA) is 83.6 Å². The Kier molecular flexibility index (Phi) is 5.98. The number of hydrogen-bond donors (Lipinski definition) is 3. The van der Waals surface area contributed by atoms with Crippen molar-refractivity contribution in [1.82, 2.24) is 10.3 Å². The summed E-state index contributed by atoms with van der Waals surface area (Å²) in [7, 11) is 0. The van der Waals surface area contributed by atoms with Crippen LogP contribution < -0.4 is 14.8 Å². The number of ether oxygens (including phenoxy) is 2. The highest BCUT2D eigenvalue weighted by Crippen LogP contribution is 2.30. The predicted molar refractivity (Wildman–Crippen MR) is 106 cm³/mol. The Balaban J connectivity index is 1.28. The number of aliphatic hydroxyl groups is 1. The van der Waals surface area contributed by atoms with Crippen molar-refractivity contribution in [2.24, 2.45) is 5.92 Å². The number of rotatable bonds is 6. The molecule has 0 amide bonds. The summed E-state index contributed by atoms with van der Waals surface area (Å²) < 4.78 is 46.4. The van der Waals surface area contributed by atoms with Gasteiger partial charge in [0.2, 0.25) is 0 Å². The molecule has 4 rings (SSSR count). The van der Waals surface area contributed by atoms with E-state index in [1.54, 1.807) is 0 Å².